The number of carbonyl (C=O) groups is 3. The molecule has 3 fully saturated rings. The van der Waals surface area contributed by atoms with Gasteiger partial charge in [0.15, 0.2) is 0 Å². The fraction of sp³-hybridized carbons (Fsp3) is 0.750. The topological polar surface area (TPSA) is 81.2 Å². The summed E-state index contributed by atoms with van der Waals surface area (Å²) >= 11 is 1.68. The van der Waals surface area contributed by atoms with Gasteiger partial charge in [-0.2, -0.15) is 0 Å². The number of rotatable bonds is 13. The van der Waals surface area contributed by atoms with Crippen LogP contribution in [0.25, 0.3) is 0 Å². The van der Waals surface area contributed by atoms with E-state index in [0.29, 0.717) is 26.1 Å². The van der Waals surface area contributed by atoms with Gasteiger partial charge in [0.25, 0.3) is 0 Å². The minimum Gasteiger partial charge on any atom is -0.394 e. The van der Waals surface area contributed by atoms with E-state index in [2.05, 4.69) is 27.0 Å². The molecule has 2 unspecified atom stereocenters. The lowest BCUT2D eigenvalue weighted by Gasteiger charge is -2.41. The number of unbranched alkanes of at least 4 members (excludes halogenated alkanes) is 1. The lowest BCUT2D eigenvalue weighted by molar-refractivity contribution is -0.148. The van der Waals surface area contributed by atoms with Gasteiger partial charge in [0.1, 0.15) is 6.04 Å². The molecule has 36 heavy (non-hydrogen) atoms. The molecule has 0 aromatic heterocycles. The SMILES string of the molecule is C=CCN(C)C(=O)[C@@H]1[C@H]2C(=O)N([C@@H](CO)[C@@H](C)CC)C(C(=O)N(CC=C)CCCC)C23CC[C@@]1(C)S3. The molecule has 7 nitrogen and oxygen atoms in total. The van der Waals surface area contributed by atoms with Crippen LogP contribution in [0.5, 0.6) is 0 Å². The lowest BCUT2D eigenvalue weighted by Crippen LogP contribution is -2.58. The van der Waals surface area contributed by atoms with Crippen molar-refractivity contribution in [2.45, 2.75) is 81.4 Å². The number of hydrogen-bond acceptors (Lipinski definition) is 5. The van der Waals surface area contributed by atoms with Crippen molar-refractivity contribution in [3.05, 3.63) is 25.3 Å². The van der Waals surface area contributed by atoms with Crippen molar-refractivity contribution in [3.63, 3.8) is 0 Å². The minimum atomic E-state index is -0.702. The number of hydrogen-bond donors (Lipinski definition) is 1. The Morgan fingerprint density at radius 3 is 2.44 bits per heavy atom. The Balaban J connectivity index is 2.14. The molecule has 0 aromatic carbocycles. The Labute approximate surface area is 221 Å². The summed E-state index contributed by atoms with van der Waals surface area (Å²) in [4.78, 5) is 47.6. The summed E-state index contributed by atoms with van der Waals surface area (Å²) in [5.41, 5.74) is 0. The van der Waals surface area contributed by atoms with Crippen molar-refractivity contribution in [2.75, 3.05) is 33.3 Å². The molecule has 0 aliphatic carbocycles. The fourth-order valence-electron chi connectivity index (χ4n) is 6.68. The first-order chi connectivity index (χ1) is 17.1. The Kier molecular flexibility index (Phi) is 9.03. The van der Waals surface area contributed by atoms with Crippen molar-refractivity contribution in [3.8, 4) is 0 Å². The van der Waals surface area contributed by atoms with Gasteiger partial charge in [0.2, 0.25) is 17.7 Å². The highest BCUT2D eigenvalue weighted by molar-refractivity contribution is 8.02. The summed E-state index contributed by atoms with van der Waals surface area (Å²) in [5, 5.41) is 10.5. The molecule has 3 heterocycles. The molecule has 0 saturated carbocycles. The van der Waals surface area contributed by atoms with Crippen LogP contribution in [-0.4, -0.2) is 92.4 Å². The summed E-state index contributed by atoms with van der Waals surface area (Å²) in [6.07, 6.45) is 7.50. The van der Waals surface area contributed by atoms with E-state index in [9.17, 15) is 19.5 Å². The number of nitrogens with zero attached hydrogens (tertiary/aromatic N) is 3. The highest BCUT2D eigenvalue weighted by Gasteiger charge is 2.78. The van der Waals surface area contributed by atoms with Gasteiger partial charge in [-0.25, -0.2) is 0 Å². The van der Waals surface area contributed by atoms with Crippen molar-refractivity contribution in [1.29, 1.82) is 0 Å². The van der Waals surface area contributed by atoms with E-state index >= 15 is 0 Å². The zero-order chi connectivity index (χ0) is 26.8. The Morgan fingerprint density at radius 1 is 1.22 bits per heavy atom. The van der Waals surface area contributed by atoms with Gasteiger partial charge in [-0.05, 0) is 32.1 Å². The normalized spacial score (nSPS) is 32.2. The average Bonchev–Trinajstić information content (AvgIpc) is 3.42. The quantitative estimate of drug-likeness (QED) is 0.378. The number of aliphatic hydroxyl groups is 1. The maximum atomic E-state index is 14.4. The van der Waals surface area contributed by atoms with Gasteiger partial charge in [0, 0.05) is 31.4 Å². The van der Waals surface area contributed by atoms with Crippen molar-refractivity contribution in [1.82, 2.24) is 14.7 Å². The van der Waals surface area contributed by atoms with Crippen LogP contribution in [0.4, 0.5) is 0 Å². The largest absolute Gasteiger partial charge is 0.394 e. The maximum absolute atomic E-state index is 14.4. The van der Waals surface area contributed by atoms with Crippen LogP contribution in [-0.2, 0) is 14.4 Å². The molecule has 0 aromatic rings. The van der Waals surface area contributed by atoms with Gasteiger partial charge in [-0.3, -0.25) is 14.4 Å². The minimum absolute atomic E-state index is 0.0170. The number of aliphatic hydroxyl groups excluding tert-OH is 1. The van der Waals surface area contributed by atoms with E-state index in [1.54, 1.807) is 40.8 Å². The first-order valence-corrected chi connectivity index (χ1v) is 14.3. The molecule has 7 atom stereocenters. The molecule has 1 spiro atoms. The monoisotopic (exact) mass is 519 g/mol. The van der Waals surface area contributed by atoms with Gasteiger partial charge in [-0.1, -0.05) is 45.8 Å². The second kappa shape index (κ2) is 11.3. The molecule has 3 rings (SSSR count). The Morgan fingerprint density at radius 2 is 1.89 bits per heavy atom. The van der Waals surface area contributed by atoms with Crippen LogP contribution >= 0.6 is 11.8 Å². The second-order valence-electron chi connectivity index (χ2n) is 11.0. The number of thioether (sulfide) groups is 1. The summed E-state index contributed by atoms with van der Waals surface area (Å²) < 4.78 is -1.08. The standard InChI is InChI=1S/C28H45N3O4S/c1-8-12-17-30(16-10-3)26(35)23-28-14-13-27(6,36-28)21(24(33)29(7)15-9-2)22(28)25(34)31(23)20(18-32)19(5)11-4/h9-10,19-23,32H,2-3,8,11-18H2,1,4-7H3/t19-,20-,21-,22-,23?,27+,28?/m0/s1. The second-order valence-corrected chi connectivity index (χ2v) is 12.9. The molecule has 202 valence electrons. The number of likely N-dealkylation sites (tertiary alicyclic amines) is 1. The van der Waals surface area contributed by atoms with E-state index < -0.39 is 33.4 Å². The van der Waals surface area contributed by atoms with Crippen LogP contribution in [0.2, 0.25) is 0 Å². The van der Waals surface area contributed by atoms with Crippen molar-refractivity contribution < 1.29 is 19.5 Å². The molecule has 3 saturated heterocycles. The molecule has 3 amide bonds. The van der Waals surface area contributed by atoms with E-state index in [4.69, 9.17) is 0 Å². The third-order valence-corrected chi connectivity index (χ3v) is 10.8. The summed E-state index contributed by atoms with van der Waals surface area (Å²) in [7, 11) is 1.75. The highest BCUT2D eigenvalue weighted by atomic mass is 32.2. The molecule has 2 bridgehead atoms. The third-order valence-electron chi connectivity index (χ3n) is 8.78. The zero-order valence-electron chi connectivity index (χ0n) is 22.7. The zero-order valence-corrected chi connectivity index (χ0v) is 23.6. The maximum Gasteiger partial charge on any atom is 0.247 e. The van der Waals surface area contributed by atoms with Gasteiger partial charge >= 0.3 is 0 Å². The molecular weight excluding hydrogens is 474 g/mol. The van der Waals surface area contributed by atoms with Gasteiger partial charge in [0.05, 0.1) is 29.2 Å². The molecule has 1 N–H and O–H groups in total. The van der Waals surface area contributed by atoms with E-state index in [1.165, 1.54) is 0 Å². The van der Waals surface area contributed by atoms with Gasteiger partial charge in [-0.15, -0.1) is 24.9 Å². The number of likely N-dealkylation sites (N-methyl/N-ethyl adjacent to an activating group) is 1. The number of fused-ring (bicyclic) bond motifs is 1. The average molecular weight is 520 g/mol. The molecule has 3 aliphatic rings. The first-order valence-electron chi connectivity index (χ1n) is 13.5. The van der Waals surface area contributed by atoms with E-state index in [0.717, 1.165) is 25.7 Å². The number of carbonyl (C=O) groups excluding carboxylic acids is 3. The summed E-state index contributed by atoms with van der Waals surface area (Å²) in [6, 6.07) is -1.17. The van der Waals surface area contributed by atoms with E-state index in [-0.39, 0.29) is 30.2 Å². The molecule has 3 aliphatic heterocycles. The smallest absolute Gasteiger partial charge is 0.247 e. The van der Waals surface area contributed by atoms with Crippen molar-refractivity contribution >= 4 is 29.5 Å². The summed E-state index contributed by atoms with van der Waals surface area (Å²) in [6.45, 7) is 17.1. The Hall–Kier alpha value is -1.80. The highest BCUT2D eigenvalue weighted by Crippen LogP contribution is 2.72. The van der Waals surface area contributed by atoms with Crippen LogP contribution in [0.1, 0.15) is 59.8 Å². The van der Waals surface area contributed by atoms with Crippen LogP contribution in [0.15, 0.2) is 25.3 Å². The lowest BCUT2D eigenvalue weighted by atomic mass is 9.66. The van der Waals surface area contributed by atoms with Crippen LogP contribution < -0.4 is 0 Å². The molecular formula is C28H45N3O4S. The van der Waals surface area contributed by atoms with E-state index in [1.807, 2.05) is 18.7 Å². The fourth-order valence-corrected chi connectivity index (χ4v) is 9.01. The Bertz CT molecular complexity index is 881. The van der Waals surface area contributed by atoms with Crippen molar-refractivity contribution in [2.24, 2.45) is 17.8 Å². The van der Waals surface area contributed by atoms with Gasteiger partial charge < -0.3 is 19.8 Å². The molecule has 8 heteroatoms. The number of amides is 3. The third kappa shape index (κ3) is 4.53. The predicted octanol–water partition coefficient (Wildman–Crippen LogP) is 3.33. The van der Waals surface area contributed by atoms with Crippen LogP contribution in [0, 0.1) is 17.8 Å². The summed E-state index contributed by atoms with van der Waals surface area (Å²) in [5.74, 6) is -1.36. The first kappa shape index (κ1) is 28.8. The predicted molar refractivity (Wildman–Crippen MR) is 145 cm³/mol. The van der Waals surface area contributed by atoms with Crippen LogP contribution in [0.3, 0.4) is 0 Å². The molecule has 0 radical (unpaired) electrons.